The number of ether oxygens (including phenoxy) is 2. The lowest BCUT2D eigenvalue weighted by molar-refractivity contribution is -0.122. The van der Waals surface area contributed by atoms with Crippen molar-refractivity contribution in [3.05, 3.63) is 71.9 Å². The molecule has 0 unspecified atom stereocenters. The predicted octanol–water partition coefficient (Wildman–Crippen LogP) is 4.32. The largest absolute Gasteiger partial charge is 0.454 e. The molecule has 0 bridgehead atoms. The van der Waals surface area contributed by atoms with Crippen LogP contribution in [0.25, 0.3) is 10.9 Å². The van der Waals surface area contributed by atoms with E-state index >= 15 is 0 Å². The van der Waals surface area contributed by atoms with E-state index in [1.807, 2.05) is 30.3 Å². The molecule has 1 saturated heterocycles. The highest BCUT2D eigenvalue weighted by Gasteiger charge is 2.51. The molecule has 1 fully saturated rings. The van der Waals surface area contributed by atoms with Gasteiger partial charge in [-0.2, -0.15) is 0 Å². The van der Waals surface area contributed by atoms with E-state index in [1.165, 1.54) is 10.9 Å². The molecule has 6 heteroatoms. The first kappa shape index (κ1) is 17.7. The van der Waals surface area contributed by atoms with Gasteiger partial charge in [0.1, 0.15) is 0 Å². The number of nitrogens with zero attached hydrogens (tertiary/aromatic N) is 1. The first-order valence-corrected chi connectivity index (χ1v) is 10.5. The van der Waals surface area contributed by atoms with Gasteiger partial charge in [-0.25, -0.2) is 0 Å². The zero-order chi connectivity index (χ0) is 20.4. The third-order valence-corrected chi connectivity index (χ3v) is 6.97. The summed E-state index contributed by atoms with van der Waals surface area (Å²) in [6, 6.07) is 13.8. The van der Waals surface area contributed by atoms with Crippen LogP contribution in [0.5, 0.6) is 11.5 Å². The molecule has 1 N–H and O–H groups in total. The lowest BCUT2D eigenvalue weighted by Gasteiger charge is -2.38. The second-order valence-electron chi connectivity index (χ2n) is 8.02. The first-order valence-electron chi connectivity index (χ1n) is 10.1. The number of para-hydroxylation sites is 1. The number of Topliss-reactive ketones (excluding diaryl/α,β-unsaturated/α-hetero) is 1. The molecule has 1 aromatic heterocycles. The third kappa shape index (κ3) is 2.34. The van der Waals surface area contributed by atoms with Crippen molar-refractivity contribution < 1.29 is 14.3 Å². The smallest absolute Gasteiger partial charge is 0.231 e. The molecule has 3 aromatic rings. The quantitative estimate of drug-likeness (QED) is 0.509. The van der Waals surface area contributed by atoms with E-state index in [9.17, 15) is 4.79 Å². The van der Waals surface area contributed by atoms with Gasteiger partial charge in [-0.3, -0.25) is 4.79 Å². The van der Waals surface area contributed by atoms with E-state index in [2.05, 4.69) is 28.6 Å². The summed E-state index contributed by atoms with van der Waals surface area (Å²) in [6.07, 6.45) is 3.03. The van der Waals surface area contributed by atoms with Gasteiger partial charge in [-0.15, -0.1) is 6.58 Å². The minimum absolute atomic E-state index is 0.174. The fourth-order valence-electron chi connectivity index (χ4n) is 5.13. The molecule has 0 spiro atoms. The number of carbonyl (C=O) groups excluding carboxylic acids is 1. The van der Waals surface area contributed by atoms with Crippen molar-refractivity contribution in [2.45, 2.75) is 24.9 Å². The second-order valence-corrected chi connectivity index (χ2v) is 8.44. The second kappa shape index (κ2) is 6.44. The maximum atomic E-state index is 13.3. The molecule has 0 saturated carbocycles. The number of benzene rings is 2. The Balaban J connectivity index is 1.57. The number of aromatic nitrogens is 1. The molecule has 2 aromatic carbocycles. The number of carbonyl (C=O) groups is 1. The maximum Gasteiger partial charge on any atom is 0.231 e. The zero-order valence-corrected chi connectivity index (χ0v) is 17.1. The summed E-state index contributed by atoms with van der Waals surface area (Å²) in [5.41, 5.74) is 4.41. The summed E-state index contributed by atoms with van der Waals surface area (Å²) >= 11 is 5.85. The average Bonchev–Trinajstić information content (AvgIpc) is 3.44. The lowest BCUT2D eigenvalue weighted by atomic mass is 9.88. The normalized spacial score (nSPS) is 24.3. The Bertz CT molecular complexity index is 1230. The summed E-state index contributed by atoms with van der Waals surface area (Å²) in [6.45, 7) is 4.06. The van der Waals surface area contributed by atoms with Gasteiger partial charge >= 0.3 is 0 Å². The van der Waals surface area contributed by atoms with Gasteiger partial charge in [0.25, 0.3) is 0 Å². The van der Waals surface area contributed by atoms with Gasteiger partial charge in [-0.05, 0) is 35.7 Å². The van der Waals surface area contributed by atoms with Crippen LogP contribution >= 0.6 is 12.2 Å². The van der Waals surface area contributed by atoms with Crippen molar-refractivity contribution in [2.75, 3.05) is 6.79 Å². The summed E-state index contributed by atoms with van der Waals surface area (Å²) in [7, 11) is 0. The van der Waals surface area contributed by atoms with E-state index < -0.39 is 0 Å². The van der Waals surface area contributed by atoms with Gasteiger partial charge in [0, 0.05) is 23.0 Å². The van der Waals surface area contributed by atoms with Gasteiger partial charge in [0.05, 0.1) is 23.0 Å². The third-order valence-electron chi connectivity index (χ3n) is 6.47. The highest BCUT2D eigenvalue weighted by molar-refractivity contribution is 7.80. The molecule has 3 aliphatic rings. The molecule has 0 amide bonds. The maximum absolute atomic E-state index is 13.3. The highest BCUT2D eigenvalue weighted by Crippen LogP contribution is 2.47. The van der Waals surface area contributed by atoms with Crippen LogP contribution in [0.1, 0.15) is 29.3 Å². The highest BCUT2D eigenvalue weighted by atomic mass is 32.1. The van der Waals surface area contributed by atoms with Crippen LogP contribution in [-0.2, 0) is 11.2 Å². The van der Waals surface area contributed by atoms with Crippen molar-refractivity contribution in [3.63, 3.8) is 0 Å². The molecule has 30 heavy (non-hydrogen) atoms. The monoisotopic (exact) mass is 416 g/mol. The van der Waals surface area contributed by atoms with Crippen LogP contribution in [0, 0.1) is 5.92 Å². The Hall–Kier alpha value is -3.12. The van der Waals surface area contributed by atoms with Gasteiger partial charge in [-0.1, -0.05) is 42.6 Å². The molecule has 3 aliphatic heterocycles. The zero-order valence-electron chi connectivity index (χ0n) is 16.3. The van der Waals surface area contributed by atoms with Gasteiger partial charge in [0.15, 0.2) is 17.3 Å². The fraction of sp³-hybridized carbons (Fsp3) is 0.250. The van der Waals surface area contributed by atoms with Crippen molar-refractivity contribution in [1.82, 2.24) is 9.88 Å². The Morgan fingerprint density at radius 1 is 1.20 bits per heavy atom. The van der Waals surface area contributed by atoms with Crippen LogP contribution in [-0.4, -0.2) is 33.5 Å². The van der Waals surface area contributed by atoms with Gasteiger partial charge < -0.3 is 19.4 Å². The first-order chi connectivity index (χ1) is 14.7. The van der Waals surface area contributed by atoms with E-state index in [0.717, 1.165) is 28.3 Å². The molecular formula is C24H20N2O3S. The summed E-state index contributed by atoms with van der Waals surface area (Å²) in [4.78, 5) is 19.8. The minimum atomic E-state index is -0.283. The topological polar surface area (TPSA) is 54.6 Å². The molecule has 0 aliphatic carbocycles. The number of aromatic amines is 1. The van der Waals surface area contributed by atoms with E-state index in [-0.39, 0.29) is 30.6 Å². The standard InChI is InChI=1S/C24H20N2O3S/c1-2-5-15-23(27)18-11-16-14-6-3-4-7-17(14)25-21(16)22(26(18)24(15)30)13-8-9-19-20(10-13)29-12-28-19/h2-4,6-10,15,18,22,25H,1,5,11-12H2/t15-,18-,22+/m1/s1. The molecular weight excluding hydrogens is 396 g/mol. The van der Waals surface area contributed by atoms with Crippen LogP contribution in [0.4, 0.5) is 0 Å². The number of ketones is 1. The summed E-state index contributed by atoms with van der Waals surface area (Å²) < 4.78 is 11.1. The Morgan fingerprint density at radius 3 is 2.90 bits per heavy atom. The number of H-pyrrole nitrogens is 1. The van der Waals surface area contributed by atoms with E-state index in [4.69, 9.17) is 21.7 Å². The van der Waals surface area contributed by atoms with Crippen LogP contribution in [0.3, 0.4) is 0 Å². The van der Waals surface area contributed by atoms with Crippen LogP contribution in [0.15, 0.2) is 55.1 Å². The molecule has 4 heterocycles. The number of fused-ring (bicyclic) bond motifs is 5. The number of nitrogens with one attached hydrogen (secondary N) is 1. The minimum Gasteiger partial charge on any atom is -0.454 e. The molecule has 0 radical (unpaired) electrons. The number of allylic oxidation sites excluding steroid dienone is 1. The molecule has 5 nitrogen and oxygen atoms in total. The van der Waals surface area contributed by atoms with Crippen molar-refractivity contribution >= 4 is 33.9 Å². The SMILES string of the molecule is C=CC[C@@H]1C(=O)[C@H]2Cc3c([nH]c4ccccc34)[C@H](c3ccc4c(c3)OCO4)N2C1=S. The predicted molar refractivity (Wildman–Crippen MR) is 118 cm³/mol. The Kier molecular flexibility index (Phi) is 3.80. The number of hydrogen-bond acceptors (Lipinski definition) is 4. The summed E-state index contributed by atoms with van der Waals surface area (Å²) in [5.74, 6) is 1.38. The van der Waals surface area contributed by atoms with Crippen molar-refractivity contribution in [3.8, 4) is 11.5 Å². The van der Waals surface area contributed by atoms with Gasteiger partial charge in [0.2, 0.25) is 6.79 Å². The fourth-order valence-corrected chi connectivity index (χ4v) is 5.58. The average molecular weight is 417 g/mol. The number of hydrogen-bond donors (Lipinski definition) is 1. The van der Waals surface area contributed by atoms with Crippen molar-refractivity contribution in [1.29, 1.82) is 0 Å². The Morgan fingerprint density at radius 2 is 2.03 bits per heavy atom. The molecule has 3 atom stereocenters. The molecule has 6 rings (SSSR count). The van der Waals surface area contributed by atoms with Crippen molar-refractivity contribution in [2.24, 2.45) is 5.92 Å². The lowest BCUT2D eigenvalue weighted by Crippen LogP contribution is -2.43. The molecule has 150 valence electrons. The summed E-state index contributed by atoms with van der Waals surface area (Å²) in [5, 5.41) is 1.17. The number of rotatable bonds is 3. The number of thiocarbonyl (C=S) groups is 1. The van der Waals surface area contributed by atoms with E-state index in [0.29, 0.717) is 17.8 Å². The van der Waals surface area contributed by atoms with Crippen LogP contribution in [0.2, 0.25) is 0 Å². The van der Waals surface area contributed by atoms with Crippen LogP contribution < -0.4 is 9.47 Å². The van der Waals surface area contributed by atoms with E-state index in [1.54, 1.807) is 6.08 Å². The Labute approximate surface area is 179 Å².